The van der Waals surface area contributed by atoms with Crippen molar-refractivity contribution in [3.05, 3.63) is 12.0 Å². The molecule has 0 aromatic carbocycles. The van der Waals surface area contributed by atoms with Gasteiger partial charge in [0.2, 0.25) is 0 Å². The zero-order chi connectivity index (χ0) is 12.5. The molecule has 2 rings (SSSR count). The highest BCUT2D eigenvalue weighted by molar-refractivity contribution is 6.44. The van der Waals surface area contributed by atoms with Crippen LogP contribution in [0.1, 0.15) is 19.3 Å². The average molecular weight is 240 g/mol. The number of piperidine rings is 1. The Morgan fingerprint density at radius 1 is 1.59 bits per heavy atom. The van der Waals surface area contributed by atoms with Crippen LogP contribution in [0, 0.1) is 0 Å². The predicted molar refractivity (Wildman–Crippen MR) is 61.1 cm³/mol. The van der Waals surface area contributed by atoms with Crippen molar-refractivity contribution in [1.29, 1.82) is 0 Å². The minimum atomic E-state index is -1.63. The molecule has 17 heavy (non-hydrogen) atoms. The number of hydrogen-bond acceptors (Lipinski definition) is 6. The normalized spacial score (nSPS) is 33.4. The molecule has 0 radical (unpaired) electrons. The topological polar surface area (TPSA) is 120 Å². The summed E-state index contributed by atoms with van der Waals surface area (Å²) in [5.41, 5.74) is 4.77. The van der Waals surface area contributed by atoms with Gasteiger partial charge in [0.05, 0.1) is 6.04 Å². The van der Waals surface area contributed by atoms with Gasteiger partial charge in [-0.25, -0.2) is 4.99 Å². The molecular weight excluding hydrogens is 224 g/mol. The molecule has 1 fully saturated rings. The summed E-state index contributed by atoms with van der Waals surface area (Å²) >= 11 is 0. The van der Waals surface area contributed by atoms with Crippen LogP contribution in [0.2, 0.25) is 0 Å². The summed E-state index contributed by atoms with van der Waals surface area (Å²) in [7, 11) is 0. The molecule has 0 aliphatic carbocycles. The second-order valence-electron chi connectivity index (χ2n) is 4.23. The van der Waals surface area contributed by atoms with E-state index in [1.165, 1.54) is 0 Å². The molecule has 6 N–H and O–H groups in total. The molecule has 1 amide bonds. The third-order valence-corrected chi connectivity index (χ3v) is 2.98. The summed E-state index contributed by atoms with van der Waals surface area (Å²) in [4.78, 5) is 14.9. The van der Waals surface area contributed by atoms with Crippen LogP contribution in [0.25, 0.3) is 0 Å². The molecule has 0 bridgehead atoms. The third-order valence-electron chi connectivity index (χ3n) is 2.98. The van der Waals surface area contributed by atoms with Crippen molar-refractivity contribution in [1.82, 2.24) is 10.6 Å². The van der Waals surface area contributed by atoms with E-state index in [9.17, 15) is 15.0 Å². The van der Waals surface area contributed by atoms with Crippen molar-refractivity contribution in [2.45, 2.75) is 31.2 Å². The standard InChI is InChI=1S/C10H16N4O3/c11-9(16)8-6(15)5-13-10(17,14-8)7-3-1-2-4-12-7/h5,7,12-13,15,17H,1-4H2,(H2,11,16). The van der Waals surface area contributed by atoms with Crippen molar-refractivity contribution in [2.24, 2.45) is 10.7 Å². The molecular formula is C10H16N4O3. The molecule has 0 saturated carbocycles. The van der Waals surface area contributed by atoms with E-state index < -0.39 is 11.8 Å². The Kier molecular flexibility index (Phi) is 3.03. The first-order valence-corrected chi connectivity index (χ1v) is 5.55. The van der Waals surface area contributed by atoms with E-state index in [1.54, 1.807) is 0 Å². The number of nitrogens with two attached hydrogens (primary N) is 1. The van der Waals surface area contributed by atoms with Crippen LogP contribution >= 0.6 is 0 Å². The number of aliphatic imine (C=N–C) groups is 1. The van der Waals surface area contributed by atoms with Crippen molar-refractivity contribution < 1.29 is 15.0 Å². The number of nitrogens with one attached hydrogen (secondary N) is 2. The summed E-state index contributed by atoms with van der Waals surface area (Å²) in [5, 5.41) is 25.4. The monoisotopic (exact) mass is 240 g/mol. The van der Waals surface area contributed by atoms with Gasteiger partial charge in [-0.15, -0.1) is 0 Å². The van der Waals surface area contributed by atoms with Gasteiger partial charge in [-0.3, -0.25) is 4.79 Å². The smallest absolute Gasteiger partial charge is 0.270 e. The number of aliphatic hydroxyl groups excluding tert-OH is 1. The third kappa shape index (κ3) is 2.25. The summed E-state index contributed by atoms with van der Waals surface area (Å²) in [6, 6.07) is -0.310. The average Bonchev–Trinajstić information content (AvgIpc) is 2.33. The molecule has 2 heterocycles. The maximum Gasteiger partial charge on any atom is 0.270 e. The number of carbonyl (C=O) groups is 1. The molecule has 0 aromatic rings. The Morgan fingerprint density at radius 2 is 2.35 bits per heavy atom. The van der Waals surface area contributed by atoms with Gasteiger partial charge >= 0.3 is 0 Å². The van der Waals surface area contributed by atoms with Gasteiger partial charge in [-0.1, -0.05) is 6.42 Å². The first-order valence-electron chi connectivity index (χ1n) is 5.55. The molecule has 7 nitrogen and oxygen atoms in total. The predicted octanol–water partition coefficient (Wildman–Crippen LogP) is -1.30. The van der Waals surface area contributed by atoms with E-state index in [1.807, 2.05) is 0 Å². The summed E-state index contributed by atoms with van der Waals surface area (Å²) in [6.07, 6.45) is 3.88. The summed E-state index contributed by atoms with van der Waals surface area (Å²) in [6.45, 7) is 0.784. The Hall–Kier alpha value is -1.60. The first kappa shape index (κ1) is 11.9. The second-order valence-corrected chi connectivity index (χ2v) is 4.23. The highest BCUT2D eigenvalue weighted by atomic mass is 16.3. The van der Waals surface area contributed by atoms with Crippen LogP contribution in [0.15, 0.2) is 17.0 Å². The number of rotatable bonds is 2. The van der Waals surface area contributed by atoms with Crippen molar-refractivity contribution >= 4 is 11.6 Å². The van der Waals surface area contributed by atoms with E-state index >= 15 is 0 Å². The number of primary amides is 1. The molecule has 7 heteroatoms. The van der Waals surface area contributed by atoms with Crippen LogP contribution in [0.4, 0.5) is 0 Å². The molecule has 2 aliphatic heterocycles. The quantitative estimate of drug-likeness (QED) is 0.411. The van der Waals surface area contributed by atoms with Gasteiger partial charge in [0.25, 0.3) is 11.8 Å². The fourth-order valence-corrected chi connectivity index (χ4v) is 2.06. The number of carbonyl (C=O) groups excluding carboxylic acids is 1. The SMILES string of the molecule is NC(=O)C1=NC(O)(C2CCCCN2)NC=C1O. The van der Waals surface area contributed by atoms with Crippen LogP contribution in [0.5, 0.6) is 0 Å². The Bertz CT molecular complexity index is 387. The number of nitrogens with zero attached hydrogens (tertiary/aromatic N) is 1. The molecule has 2 aliphatic rings. The van der Waals surface area contributed by atoms with Gasteiger partial charge < -0.3 is 26.6 Å². The maximum atomic E-state index is 11.1. The largest absolute Gasteiger partial charge is 0.504 e. The molecule has 2 unspecified atom stereocenters. The lowest BCUT2D eigenvalue weighted by atomic mass is 9.99. The van der Waals surface area contributed by atoms with Crippen molar-refractivity contribution in [3.63, 3.8) is 0 Å². The van der Waals surface area contributed by atoms with Gasteiger partial charge in [0.15, 0.2) is 11.5 Å². The fourth-order valence-electron chi connectivity index (χ4n) is 2.06. The second kappa shape index (κ2) is 4.34. The van der Waals surface area contributed by atoms with E-state index in [-0.39, 0.29) is 17.5 Å². The van der Waals surface area contributed by atoms with Gasteiger partial charge in [0, 0.05) is 6.20 Å². The Balaban J connectivity index is 2.23. The fraction of sp³-hybridized carbons (Fsp3) is 0.600. The number of aliphatic hydroxyl groups is 2. The molecule has 2 atom stereocenters. The van der Waals surface area contributed by atoms with Crippen LogP contribution in [0.3, 0.4) is 0 Å². The highest BCUT2D eigenvalue weighted by Gasteiger charge is 2.40. The zero-order valence-electron chi connectivity index (χ0n) is 9.31. The van der Waals surface area contributed by atoms with Crippen molar-refractivity contribution in [2.75, 3.05) is 6.54 Å². The number of hydrogen-bond donors (Lipinski definition) is 5. The zero-order valence-corrected chi connectivity index (χ0v) is 9.31. The van der Waals surface area contributed by atoms with Crippen LogP contribution in [-0.4, -0.2) is 40.3 Å². The van der Waals surface area contributed by atoms with Crippen molar-refractivity contribution in [3.8, 4) is 0 Å². The molecule has 94 valence electrons. The van der Waals surface area contributed by atoms with Gasteiger partial charge in [-0.2, -0.15) is 0 Å². The highest BCUT2D eigenvalue weighted by Crippen LogP contribution is 2.22. The first-order chi connectivity index (χ1) is 8.03. The Labute approximate surface area is 98.4 Å². The molecule has 0 spiro atoms. The summed E-state index contributed by atoms with van der Waals surface area (Å²) < 4.78 is 0. The van der Waals surface area contributed by atoms with E-state index in [2.05, 4.69) is 15.6 Å². The maximum absolute atomic E-state index is 11.1. The van der Waals surface area contributed by atoms with E-state index in [4.69, 9.17) is 5.73 Å². The summed E-state index contributed by atoms with van der Waals surface area (Å²) in [5.74, 6) is -2.86. The van der Waals surface area contributed by atoms with Crippen LogP contribution in [-0.2, 0) is 4.79 Å². The van der Waals surface area contributed by atoms with E-state index in [0.717, 1.165) is 32.0 Å². The van der Waals surface area contributed by atoms with Crippen LogP contribution < -0.4 is 16.4 Å². The lowest BCUT2D eigenvalue weighted by Crippen LogP contribution is -2.60. The Morgan fingerprint density at radius 3 is 2.94 bits per heavy atom. The number of amides is 1. The lowest BCUT2D eigenvalue weighted by Gasteiger charge is -2.37. The van der Waals surface area contributed by atoms with Gasteiger partial charge in [0.1, 0.15) is 0 Å². The molecule has 1 saturated heterocycles. The lowest BCUT2D eigenvalue weighted by molar-refractivity contribution is -0.112. The van der Waals surface area contributed by atoms with E-state index in [0.29, 0.717) is 0 Å². The minimum absolute atomic E-state index is 0.307. The minimum Gasteiger partial charge on any atom is -0.504 e. The molecule has 0 aromatic heterocycles. The van der Waals surface area contributed by atoms with Gasteiger partial charge in [-0.05, 0) is 19.4 Å².